The molecule has 2 aromatic carbocycles. The van der Waals surface area contributed by atoms with E-state index in [4.69, 9.17) is 0 Å². The van der Waals surface area contributed by atoms with Gasteiger partial charge in [-0.3, -0.25) is 0 Å². The summed E-state index contributed by atoms with van der Waals surface area (Å²) >= 11 is 1.74. The number of hydrogen-bond donors (Lipinski definition) is 0. The van der Waals surface area contributed by atoms with Gasteiger partial charge in [-0.05, 0) is 41.2 Å². The molecule has 3 aromatic heterocycles. The molecule has 0 fully saturated rings. The molecule has 0 spiro atoms. The molecule has 0 amide bonds. The Morgan fingerprint density at radius 1 is 0.793 bits per heavy atom. The maximum atomic E-state index is 4.42. The summed E-state index contributed by atoms with van der Waals surface area (Å²) in [6.45, 7) is 1.99. The summed E-state index contributed by atoms with van der Waals surface area (Å²) in [5.41, 5.74) is 5.15. The second kappa shape index (κ2) is 10.2. The van der Waals surface area contributed by atoms with Gasteiger partial charge in [-0.2, -0.15) is 0 Å². The van der Waals surface area contributed by atoms with Crippen LogP contribution in [0.15, 0.2) is 90.4 Å². The SMILES string of the molecule is Cc1cccc(-c2[c-]cccc2)n1.[Ir].[c-]1ccccc1-c1nccc2sccc12. The van der Waals surface area contributed by atoms with Crippen LogP contribution in [0, 0.1) is 19.1 Å². The fourth-order valence-corrected chi connectivity index (χ4v) is 3.68. The average molecular weight is 571 g/mol. The fourth-order valence-electron chi connectivity index (χ4n) is 2.90. The maximum Gasteiger partial charge on any atom is 0.0286 e. The molecule has 0 atom stereocenters. The number of benzene rings is 2. The monoisotopic (exact) mass is 571 g/mol. The van der Waals surface area contributed by atoms with Crippen LogP contribution in [0.1, 0.15) is 5.69 Å². The molecule has 5 rings (SSSR count). The van der Waals surface area contributed by atoms with E-state index in [1.165, 1.54) is 10.1 Å². The average Bonchev–Trinajstić information content (AvgIpc) is 3.24. The third kappa shape index (κ3) is 5.24. The molecule has 0 saturated carbocycles. The van der Waals surface area contributed by atoms with Crippen molar-refractivity contribution >= 4 is 21.4 Å². The molecule has 5 aromatic rings. The second-order valence-electron chi connectivity index (χ2n) is 6.21. The van der Waals surface area contributed by atoms with Crippen molar-refractivity contribution in [3.8, 4) is 22.5 Å². The zero-order valence-corrected chi connectivity index (χ0v) is 19.0. The molecule has 0 unspecified atom stereocenters. The molecule has 0 N–H and O–H groups in total. The summed E-state index contributed by atoms with van der Waals surface area (Å²) in [5.74, 6) is 0. The van der Waals surface area contributed by atoms with E-state index in [1.54, 1.807) is 11.3 Å². The van der Waals surface area contributed by atoms with E-state index in [0.29, 0.717) is 0 Å². The van der Waals surface area contributed by atoms with Crippen LogP contribution in [0.5, 0.6) is 0 Å². The molecule has 0 aliphatic rings. The summed E-state index contributed by atoms with van der Waals surface area (Å²) in [5, 5.41) is 3.31. The number of aryl methyl sites for hydroxylation is 1. The van der Waals surface area contributed by atoms with Crippen LogP contribution >= 0.6 is 11.3 Å². The van der Waals surface area contributed by atoms with Gasteiger partial charge >= 0.3 is 0 Å². The molecule has 4 heteroatoms. The van der Waals surface area contributed by atoms with Gasteiger partial charge in [-0.1, -0.05) is 18.2 Å². The Labute approximate surface area is 188 Å². The summed E-state index contributed by atoms with van der Waals surface area (Å²) in [6.07, 6.45) is 1.86. The molecule has 0 saturated heterocycles. The maximum absolute atomic E-state index is 4.42. The number of fused-ring (bicyclic) bond motifs is 1. The molecule has 0 aliphatic heterocycles. The molecule has 1 radical (unpaired) electrons. The molecule has 0 aliphatic carbocycles. The predicted molar refractivity (Wildman–Crippen MR) is 117 cm³/mol. The van der Waals surface area contributed by atoms with Gasteiger partial charge in [0, 0.05) is 36.7 Å². The van der Waals surface area contributed by atoms with E-state index in [2.05, 4.69) is 33.5 Å². The topological polar surface area (TPSA) is 25.8 Å². The van der Waals surface area contributed by atoms with Crippen LogP contribution < -0.4 is 0 Å². The van der Waals surface area contributed by atoms with E-state index >= 15 is 0 Å². The fraction of sp³-hybridized carbons (Fsp3) is 0.0400. The van der Waals surface area contributed by atoms with Gasteiger partial charge in [0.25, 0.3) is 0 Å². The number of thiophene rings is 1. The Morgan fingerprint density at radius 2 is 1.55 bits per heavy atom. The van der Waals surface area contributed by atoms with E-state index in [9.17, 15) is 0 Å². The first-order chi connectivity index (χ1) is 13.8. The molecule has 3 heterocycles. The second-order valence-corrected chi connectivity index (χ2v) is 7.16. The number of aromatic nitrogens is 2. The van der Waals surface area contributed by atoms with E-state index in [1.807, 2.05) is 85.9 Å². The van der Waals surface area contributed by atoms with Gasteiger partial charge < -0.3 is 9.97 Å². The minimum atomic E-state index is 0. The van der Waals surface area contributed by atoms with Crippen LogP contribution in [0.2, 0.25) is 0 Å². The predicted octanol–water partition coefficient (Wildman–Crippen LogP) is 6.62. The molecule has 2 nitrogen and oxygen atoms in total. The Bertz CT molecular complexity index is 1170. The number of nitrogens with zero attached hydrogens (tertiary/aromatic N) is 2. The van der Waals surface area contributed by atoms with Crippen LogP contribution in [-0.2, 0) is 20.1 Å². The Hall–Kier alpha value is -2.65. The summed E-state index contributed by atoms with van der Waals surface area (Å²) < 4.78 is 1.28. The molecular weight excluding hydrogens is 553 g/mol. The molecule has 29 heavy (non-hydrogen) atoms. The van der Waals surface area contributed by atoms with Gasteiger partial charge in [-0.15, -0.1) is 83.1 Å². The zero-order chi connectivity index (χ0) is 19.2. The first-order valence-electron chi connectivity index (χ1n) is 9.01. The molecular formula is C25H18IrN2S-2. The first-order valence-corrected chi connectivity index (χ1v) is 9.89. The minimum Gasteiger partial charge on any atom is -0.304 e. The quantitative estimate of drug-likeness (QED) is 0.223. The number of rotatable bonds is 2. The molecule has 0 bridgehead atoms. The van der Waals surface area contributed by atoms with Crippen LogP contribution in [0.25, 0.3) is 32.6 Å². The van der Waals surface area contributed by atoms with Gasteiger partial charge in [0.1, 0.15) is 0 Å². The Balaban J connectivity index is 0.000000162. The third-order valence-corrected chi connectivity index (χ3v) is 5.10. The summed E-state index contributed by atoms with van der Waals surface area (Å²) in [4.78, 5) is 8.84. The standard InChI is InChI=1S/C13H8NS.C12H10N.Ir/c1-2-4-10(5-3-1)13-11-7-9-15-12(11)6-8-14-13;1-10-6-5-9-12(13-10)11-7-3-2-4-8-11;/h1-4,6-9H;2-7,9H,1H3;/q2*-1;. The van der Waals surface area contributed by atoms with Gasteiger partial charge in [0.05, 0.1) is 0 Å². The van der Waals surface area contributed by atoms with E-state index in [0.717, 1.165) is 28.2 Å². The van der Waals surface area contributed by atoms with Crippen molar-refractivity contribution in [3.05, 3.63) is 108 Å². The minimum absolute atomic E-state index is 0. The van der Waals surface area contributed by atoms with Crippen molar-refractivity contribution in [3.63, 3.8) is 0 Å². The van der Waals surface area contributed by atoms with Crippen molar-refractivity contribution in [2.45, 2.75) is 6.92 Å². The van der Waals surface area contributed by atoms with E-state index in [-0.39, 0.29) is 20.1 Å². The van der Waals surface area contributed by atoms with Crippen molar-refractivity contribution in [1.29, 1.82) is 0 Å². The third-order valence-electron chi connectivity index (χ3n) is 4.22. The van der Waals surface area contributed by atoms with Crippen molar-refractivity contribution in [1.82, 2.24) is 9.97 Å². The number of pyridine rings is 2. The number of hydrogen-bond acceptors (Lipinski definition) is 3. The van der Waals surface area contributed by atoms with Crippen LogP contribution in [0.4, 0.5) is 0 Å². The van der Waals surface area contributed by atoms with Crippen LogP contribution in [-0.4, -0.2) is 9.97 Å². The van der Waals surface area contributed by atoms with Crippen molar-refractivity contribution < 1.29 is 20.1 Å². The van der Waals surface area contributed by atoms with E-state index < -0.39 is 0 Å². The largest absolute Gasteiger partial charge is 0.304 e. The first kappa shape index (κ1) is 21.1. The summed E-state index contributed by atoms with van der Waals surface area (Å²) in [6, 6.07) is 32.3. The molecule has 145 valence electrons. The van der Waals surface area contributed by atoms with Crippen LogP contribution in [0.3, 0.4) is 0 Å². The van der Waals surface area contributed by atoms with Crippen molar-refractivity contribution in [2.24, 2.45) is 0 Å². The smallest absolute Gasteiger partial charge is 0.0286 e. The van der Waals surface area contributed by atoms with Gasteiger partial charge in [0.15, 0.2) is 0 Å². The summed E-state index contributed by atoms with van der Waals surface area (Å²) in [7, 11) is 0. The van der Waals surface area contributed by atoms with Gasteiger partial charge in [-0.25, -0.2) is 0 Å². The Morgan fingerprint density at radius 3 is 2.24 bits per heavy atom. The Kier molecular flexibility index (Phi) is 7.42. The van der Waals surface area contributed by atoms with Gasteiger partial charge in [0.2, 0.25) is 0 Å². The zero-order valence-electron chi connectivity index (χ0n) is 15.8. The normalized spacial score (nSPS) is 9.97. The van der Waals surface area contributed by atoms with Crippen molar-refractivity contribution in [2.75, 3.05) is 0 Å².